The van der Waals surface area contributed by atoms with E-state index in [1.807, 2.05) is 12.1 Å². The Labute approximate surface area is 98.2 Å². The highest BCUT2D eigenvalue weighted by Gasteiger charge is 2.11. The van der Waals surface area contributed by atoms with Crippen molar-refractivity contribution in [2.24, 2.45) is 0 Å². The fourth-order valence-electron chi connectivity index (χ4n) is 1.84. The Morgan fingerprint density at radius 2 is 2.00 bits per heavy atom. The molecular formula is C11H13BrClN. The van der Waals surface area contributed by atoms with E-state index < -0.39 is 0 Å². The molecule has 1 heterocycles. The lowest BCUT2D eigenvalue weighted by Gasteiger charge is -2.14. The molecule has 0 radical (unpaired) electrons. The first kappa shape index (κ1) is 10.5. The number of halogens is 2. The van der Waals surface area contributed by atoms with Gasteiger partial charge in [0.25, 0.3) is 0 Å². The van der Waals surface area contributed by atoms with Crippen LogP contribution in [0.5, 0.6) is 0 Å². The molecule has 1 aromatic rings. The maximum absolute atomic E-state index is 6.03. The first-order valence-electron chi connectivity index (χ1n) is 4.92. The van der Waals surface area contributed by atoms with E-state index in [2.05, 4.69) is 26.9 Å². The van der Waals surface area contributed by atoms with Crippen molar-refractivity contribution < 1.29 is 0 Å². The predicted molar refractivity (Wildman–Crippen MR) is 63.7 cm³/mol. The van der Waals surface area contributed by atoms with Crippen molar-refractivity contribution in [2.75, 3.05) is 13.1 Å². The van der Waals surface area contributed by atoms with E-state index in [4.69, 9.17) is 11.6 Å². The van der Waals surface area contributed by atoms with Crippen LogP contribution in [0.3, 0.4) is 0 Å². The minimum absolute atomic E-state index is 0.807. The predicted octanol–water partition coefficient (Wildman–Crippen LogP) is 3.70. The summed E-state index contributed by atoms with van der Waals surface area (Å²) in [6, 6.07) is 6.20. The van der Waals surface area contributed by atoms with Crippen LogP contribution in [0.1, 0.15) is 18.4 Å². The molecule has 0 saturated carbocycles. The summed E-state index contributed by atoms with van der Waals surface area (Å²) in [5.74, 6) is 0. The molecule has 1 fully saturated rings. The van der Waals surface area contributed by atoms with Gasteiger partial charge in [0.2, 0.25) is 0 Å². The van der Waals surface area contributed by atoms with Crippen LogP contribution in [-0.2, 0) is 6.54 Å². The minimum Gasteiger partial charge on any atom is -0.299 e. The summed E-state index contributed by atoms with van der Waals surface area (Å²) in [4.78, 5) is 2.47. The molecule has 0 aromatic heterocycles. The summed E-state index contributed by atoms with van der Waals surface area (Å²) < 4.78 is 0.976. The monoisotopic (exact) mass is 273 g/mol. The number of hydrogen-bond acceptors (Lipinski definition) is 1. The number of nitrogens with zero attached hydrogens (tertiary/aromatic N) is 1. The van der Waals surface area contributed by atoms with Gasteiger partial charge in [-0.2, -0.15) is 0 Å². The maximum atomic E-state index is 6.03. The van der Waals surface area contributed by atoms with Crippen LogP contribution in [0.15, 0.2) is 22.7 Å². The summed E-state index contributed by atoms with van der Waals surface area (Å²) >= 11 is 9.43. The Balaban J connectivity index is 2.05. The Morgan fingerprint density at radius 3 is 2.64 bits per heavy atom. The van der Waals surface area contributed by atoms with Crippen LogP contribution in [0.4, 0.5) is 0 Å². The first-order valence-corrected chi connectivity index (χ1v) is 6.09. The Kier molecular flexibility index (Phi) is 3.47. The fraction of sp³-hybridized carbons (Fsp3) is 0.455. The van der Waals surface area contributed by atoms with Crippen LogP contribution in [0.25, 0.3) is 0 Å². The van der Waals surface area contributed by atoms with Gasteiger partial charge in [0.05, 0.1) is 5.02 Å². The Bertz CT molecular complexity index is 321. The van der Waals surface area contributed by atoms with Gasteiger partial charge in [-0.25, -0.2) is 0 Å². The van der Waals surface area contributed by atoms with Gasteiger partial charge in [0.1, 0.15) is 0 Å². The molecule has 0 aliphatic carbocycles. The molecule has 1 aliphatic heterocycles. The summed E-state index contributed by atoms with van der Waals surface area (Å²) in [6.07, 6.45) is 2.68. The van der Waals surface area contributed by atoms with E-state index in [1.54, 1.807) is 0 Å². The van der Waals surface area contributed by atoms with Crippen molar-refractivity contribution in [3.63, 3.8) is 0 Å². The highest BCUT2D eigenvalue weighted by atomic mass is 79.9. The lowest BCUT2D eigenvalue weighted by Crippen LogP contribution is -2.18. The maximum Gasteiger partial charge on any atom is 0.0551 e. The van der Waals surface area contributed by atoms with Crippen molar-refractivity contribution in [2.45, 2.75) is 19.4 Å². The molecule has 3 heteroatoms. The fourth-order valence-corrected chi connectivity index (χ4v) is 2.29. The van der Waals surface area contributed by atoms with E-state index >= 15 is 0 Å². The molecule has 76 valence electrons. The smallest absolute Gasteiger partial charge is 0.0551 e. The van der Waals surface area contributed by atoms with Gasteiger partial charge in [-0.1, -0.05) is 17.7 Å². The molecule has 0 amide bonds. The lowest BCUT2D eigenvalue weighted by molar-refractivity contribution is 0.331. The zero-order valence-corrected chi connectivity index (χ0v) is 10.3. The van der Waals surface area contributed by atoms with Gasteiger partial charge in [-0.05, 0) is 59.6 Å². The topological polar surface area (TPSA) is 3.24 Å². The Hall–Kier alpha value is -0.0500. The van der Waals surface area contributed by atoms with Gasteiger partial charge in [-0.15, -0.1) is 0 Å². The third-order valence-corrected chi connectivity index (χ3v) is 3.82. The van der Waals surface area contributed by atoms with E-state index in [9.17, 15) is 0 Å². The van der Waals surface area contributed by atoms with Gasteiger partial charge in [-0.3, -0.25) is 4.90 Å². The SMILES string of the molecule is Clc1cc(CN2CCCC2)ccc1Br. The quantitative estimate of drug-likeness (QED) is 0.795. The average molecular weight is 275 g/mol. The molecule has 0 atom stereocenters. The molecule has 1 nitrogen and oxygen atoms in total. The van der Waals surface area contributed by atoms with Crippen LogP contribution in [-0.4, -0.2) is 18.0 Å². The standard InChI is InChI=1S/C11H13BrClN/c12-10-4-3-9(7-11(10)13)8-14-5-1-2-6-14/h3-4,7H,1-2,5-6,8H2. The number of rotatable bonds is 2. The summed E-state index contributed by atoms with van der Waals surface area (Å²) in [6.45, 7) is 3.49. The zero-order chi connectivity index (χ0) is 9.97. The molecule has 0 spiro atoms. The normalized spacial score (nSPS) is 17.6. The molecule has 1 aliphatic rings. The van der Waals surface area contributed by atoms with Gasteiger partial charge in [0, 0.05) is 11.0 Å². The minimum atomic E-state index is 0.807. The van der Waals surface area contributed by atoms with E-state index in [1.165, 1.54) is 31.5 Å². The number of benzene rings is 1. The van der Waals surface area contributed by atoms with Crippen molar-refractivity contribution in [1.82, 2.24) is 4.90 Å². The highest BCUT2D eigenvalue weighted by Crippen LogP contribution is 2.24. The summed E-state index contributed by atoms with van der Waals surface area (Å²) in [5, 5.41) is 0.807. The number of hydrogen-bond donors (Lipinski definition) is 0. The van der Waals surface area contributed by atoms with Crippen molar-refractivity contribution in [3.8, 4) is 0 Å². The largest absolute Gasteiger partial charge is 0.299 e. The zero-order valence-electron chi connectivity index (χ0n) is 7.97. The van der Waals surface area contributed by atoms with E-state index in [-0.39, 0.29) is 0 Å². The van der Waals surface area contributed by atoms with Crippen molar-refractivity contribution in [3.05, 3.63) is 33.3 Å². The molecule has 0 N–H and O–H groups in total. The third-order valence-electron chi connectivity index (χ3n) is 2.59. The second-order valence-corrected chi connectivity index (χ2v) is 4.99. The Morgan fingerprint density at radius 1 is 1.29 bits per heavy atom. The average Bonchev–Trinajstić information content (AvgIpc) is 2.64. The molecule has 1 saturated heterocycles. The first-order chi connectivity index (χ1) is 6.75. The van der Waals surface area contributed by atoms with Gasteiger partial charge < -0.3 is 0 Å². The summed E-state index contributed by atoms with van der Waals surface area (Å²) in [7, 11) is 0. The number of likely N-dealkylation sites (tertiary alicyclic amines) is 1. The molecule has 1 aromatic carbocycles. The lowest BCUT2D eigenvalue weighted by atomic mass is 10.2. The van der Waals surface area contributed by atoms with Crippen LogP contribution in [0, 0.1) is 0 Å². The third kappa shape index (κ3) is 2.50. The second-order valence-electron chi connectivity index (χ2n) is 3.73. The van der Waals surface area contributed by atoms with Crippen LogP contribution >= 0.6 is 27.5 Å². The molecule has 2 rings (SSSR count). The van der Waals surface area contributed by atoms with Gasteiger partial charge >= 0.3 is 0 Å². The highest BCUT2D eigenvalue weighted by molar-refractivity contribution is 9.10. The molecule has 0 bridgehead atoms. The van der Waals surface area contributed by atoms with Crippen molar-refractivity contribution in [1.29, 1.82) is 0 Å². The van der Waals surface area contributed by atoms with Crippen LogP contribution < -0.4 is 0 Å². The molecule has 0 unspecified atom stereocenters. The molecular weight excluding hydrogens is 261 g/mol. The van der Waals surface area contributed by atoms with Gasteiger partial charge in [0.15, 0.2) is 0 Å². The van der Waals surface area contributed by atoms with E-state index in [0.29, 0.717) is 0 Å². The van der Waals surface area contributed by atoms with E-state index in [0.717, 1.165) is 16.0 Å². The summed E-state index contributed by atoms with van der Waals surface area (Å²) in [5.41, 5.74) is 1.31. The second kappa shape index (κ2) is 4.65. The molecule has 14 heavy (non-hydrogen) atoms. The van der Waals surface area contributed by atoms with Crippen molar-refractivity contribution >= 4 is 27.5 Å². The van der Waals surface area contributed by atoms with Crippen LogP contribution in [0.2, 0.25) is 5.02 Å².